The summed E-state index contributed by atoms with van der Waals surface area (Å²) < 4.78 is 39.3. The predicted molar refractivity (Wildman–Crippen MR) is 95.5 cm³/mol. The molecular weight excluding hydrogens is 357 g/mol. The van der Waals surface area contributed by atoms with Crippen molar-refractivity contribution in [3.8, 4) is 0 Å². The van der Waals surface area contributed by atoms with Crippen LogP contribution in [-0.4, -0.2) is 53.1 Å². The van der Waals surface area contributed by atoms with Gasteiger partial charge in [-0.05, 0) is 25.0 Å². The summed E-state index contributed by atoms with van der Waals surface area (Å²) in [5.41, 5.74) is 0.500. The van der Waals surface area contributed by atoms with Crippen molar-refractivity contribution in [1.82, 2.24) is 14.9 Å². The molecule has 1 atom stereocenters. The molecule has 1 amide bonds. The third-order valence-electron chi connectivity index (χ3n) is 5.46. The molecule has 2 saturated heterocycles. The number of piperidine rings is 1. The molecule has 3 heterocycles. The molecule has 0 radical (unpaired) electrons. The molecule has 0 N–H and O–H groups in total. The van der Waals surface area contributed by atoms with Gasteiger partial charge in [-0.25, -0.2) is 18.7 Å². The molecule has 0 bridgehead atoms. The fraction of sp³-hybridized carbons (Fsp3) is 0.526. The van der Waals surface area contributed by atoms with Gasteiger partial charge in [0, 0.05) is 43.4 Å². The van der Waals surface area contributed by atoms with E-state index in [1.165, 1.54) is 0 Å². The number of anilines is 1. The van der Waals surface area contributed by atoms with Crippen molar-refractivity contribution in [2.24, 2.45) is 5.92 Å². The van der Waals surface area contributed by atoms with E-state index < -0.39 is 18.9 Å². The van der Waals surface area contributed by atoms with Gasteiger partial charge in [-0.2, -0.15) is 0 Å². The molecule has 0 aliphatic carbocycles. The molecule has 144 valence electrons. The van der Waals surface area contributed by atoms with Crippen LogP contribution in [-0.2, 0) is 4.79 Å². The minimum absolute atomic E-state index is 0.0172. The summed E-state index contributed by atoms with van der Waals surface area (Å²) in [5.74, 6) is -0.131. The second-order valence-corrected chi connectivity index (χ2v) is 7.21. The van der Waals surface area contributed by atoms with Crippen LogP contribution in [0.15, 0.2) is 24.3 Å². The maximum Gasteiger partial charge on any atom is 0.297 e. The van der Waals surface area contributed by atoms with Gasteiger partial charge in [0.25, 0.3) is 6.43 Å². The molecule has 1 aromatic carbocycles. The Bertz CT molecular complexity index is 839. The smallest absolute Gasteiger partial charge is 0.297 e. The summed E-state index contributed by atoms with van der Waals surface area (Å²) >= 11 is 0. The van der Waals surface area contributed by atoms with Crippen LogP contribution in [0.1, 0.15) is 31.5 Å². The van der Waals surface area contributed by atoms with Crippen molar-refractivity contribution in [2.45, 2.75) is 31.7 Å². The van der Waals surface area contributed by atoms with E-state index in [1.54, 1.807) is 17.0 Å². The number of aromatic nitrogens is 2. The van der Waals surface area contributed by atoms with Crippen molar-refractivity contribution >= 4 is 22.6 Å². The molecule has 2 aliphatic heterocycles. The molecule has 1 unspecified atom stereocenters. The monoisotopic (exact) mass is 378 g/mol. The van der Waals surface area contributed by atoms with E-state index in [1.807, 2.05) is 17.0 Å². The first-order chi connectivity index (χ1) is 13.1. The van der Waals surface area contributed by atoms with Crippen LogP contribution in [0.4, 0.5) is 19.0 Å². The van der Waals surface area contributed by atoms with E-state index in [4.69, 9.17) is 0 Å². The topological polar surface area (TPSA) is 49.3 Å². The van der Waals surface area contributed by atoms with Crippen molar-refractivity contribution in [2.75, 3.05) is 31.2 Å². The zero-order valence-corrected chi connectivity index (χ0v) is 14.8. The van der Waals surface area contributed by atoms with Crippen LogP contribution in [0.2, 0.25) is 0 Å². The normalized spacial score (nSPS) is 21.6. The first kappa shape index (κ1) is 18.0. The third-order valence-corrected chi connectivity index (χ3v) is 5.46. The van der Waals surface area contributed by atoms with E-state index in [0.717, 1.165) is 5.39 Å². The van der Waals surface area contributed by atoms with E-state index in [2.05, 4.69) is 9.97 Å². The number of nitrogens with zero attached hydrogens (tertiary/aromatic N) is 4. The maximum absolute atomic E-state index is 13.2. The van der Waals surface area contributed by atoms with E-state index >= 15 is 0 Å². The summed E-state index contributed by atoms with van der Waals surface area (Å²) in [6.45, 7) is 1.23. The van der Waals surface area contributed by atoms with Gasteiger partial charge in [0.2, 0.25) is 5.91 Å². The number of hydrogen-bond donors (Lipinski definition) is 0. The van der Waals surface area contributed by atoms with Gasteiger partial charge < -0.3 is 9.80 Å². The zero-order valence-electron chi connectivity index (χ0n) is 14.8. The number of amides is 1. The fourth-order valence-corrected chi connectivity index (χ4v) is 4.07. The molecule has 2 aliphatic rings. The molecule has 8 heteroatoms. The lowest BCUT2D eigenvalue weighted by Gasteiger charge is -2.37. The lowest BCUT2D eigenvalue weighted by Crippen LogP contribution is -2.46. The fourth-order valence-electron chi connectivity index (χ4n) is 4.07. The second-order valence-electron chi connectivity index (χ2n) is 7.21. The Morgan fingerprint density at radius 2 is 1.89 bits per heavy atom. The SMILES string of the molecule is O=C1CC(CF)CN1C1CCN(c2nc(C(F)F)nc3ccccc23)CC1. The number of fused-ring (bicyclic) bond motifs is 1. The molecule has 4 rings (SSSR count). The third kappa shape index (κ3) is 3.44. The summed E-state index contributed by atoms with van der Waals surface area (Å²) in [7, 11) is 0. The number of alkyl halides is 3. The standard InChI is InChI=1S/C19H21F3N4O/c20-10-12-9-16(27)26(11-12)13-5-7-25(8-6-13)19-14-3-1-2-4-15(14)23-18(24-19)17(21)22/h1-4,12-13,17H,5-11H2. The van der Waals surface area contributed by atoms with Crippen LogP contribution in [0, 0.1) is 5.92 Å². The highest BCUT2D eigenvalue weighted by molar-refractivity contribution is 5.89. The van der Waals surface area contributed by atoms with Gasteiger partial charge in [0.05, 0.1) is 12.2 Å². The van der Waals surface area contributed by atoms with Gasteiger partial charge in [0.15, 0.2) is 5.82 Å². The number of likely N-dealkylation sites (tertiary alicyclic amines) is 1. The number of benzene rings is 1. The molecule has 0 spiro atoms. The molecule has 1 aromatic heterocycles. The summed E-state index contributed by atoms with van der Waals surface area (Å²) in [6, 6.07) is 7.22. The largest absolute Gasteiger partial charge is 0.356 e. The highest BCUT2D eigenvalue weighted by atomic mass is 19.3. The highest BCUT2D eigenvalue weighted by Gasteiger charge is 2.36. The van der Waals surface area contributed by atoms with E-state index in [0.29, 0.717) is 43.8 Å². The average Bonchev–Trinajstić information content (AvgIpc) is 3.08. The van der Waals surface area contributed by atoms with E-state index in [-0.39, 0.29) is 24.3 Å². The van der Waals surface area contributed by atoms with Crippen molar-refractivity contribution < 1.29 is 18.0 Å². The van der Waals surface area contributed by atoms with Crippen LogP contribution >= 0.6 is 0 Å². The van der Waals surface area contributed by atoms with Gasteiger partial charge in [-0.15, -0.1) is 0 Å². The minimum Gasteiger partial charge on any atom is -0.356 e. The average molecular weight is 378 g/mol. The lowest BCUT2D eigenvalue weighted by atomic mass is 10.0. The van der Waals surface area contributed by atoms with Crippen molar-refractivity contribution in [1.29, 1.82) is 0 Å². The van der Waals surface area contributed by atoms with Crippen LogP contribution in [0.25, 0.3) is 10.9 Å². The van der Waals surface area contributed by atoms with Gasteiger partial charge in [0.1, 0.15) is 5.82 Å². The molecule has 2 fully saturated rings. The van der Waals surface area contributed by atoms with Gasteiger partial charge in [-0.3, -0.25) is 9.18 Å². The minimum atomic E-state index is -2.73. The highest BCUT2D eigenvalue weighted by Crippen LogP contribution is 2.31. The van der Waals surface area contributed by atoms with Crippen LogP contribution in [0.3, 0.4) is 0 Å². The summed E-state index contributed by atoms with van der Waals surface area (Å²) in [6.07, 6.45) is -1.02. The van der Waals surface area contributed by atoms with Gasteiger partial charge >= 0.3 is 0 Å². The van der Waals surface area contributed by atoms with Crippen molar-refractivity contribution in [3.05, 3.63) is 30.1 Å². The molecule has 0 saturated carbocycles. The van der Waals surface area contributed by atoms with E-state index in [9.17, 15) is 18.0 Å². The number of carbonyl (C=O) groups is 1. The van der Waals surface area contributed by atoms with Crippen LogP contribution < -0.4 is 4.90 Å². The number of para-hydroxylation sites is 1. The quantitative estimate of drug-likeness (QED) is 0.819. The molecule has 2 aromatic rings. The summed E-state index contributed by atoms with van der Waals surface area (Å²) in [5, 5.41) is 0.745. The maximum atomic E-state index is 13.2. The number of rotatable bonds is 4. The molecule has 27 heavy (non-hydrogen) atoms. The van der Waals surface area contributed by atoms with Crippen molar-refractivity contribution in [3.63, 3.8) is 0 Å². The second kappa shape index (κ2) is 7.32. The molecular formula is C19H21F3N4O. The molecule has 5 nitrogen and oxygen atoms in total. The Morgan fingerprint density at radius 1 is 1.15 bits per heavy atom. The lowest BCUT2D eigenvalue weighted by molar-refractivity contribution is -0.130. The Morgan fingerprint density at radius 3 is 2.56 bits per heavy atom. The Balaban J connectivity index is 1.54. The van der Waals surface area contributed by atoms with Gasteiger partial charge in [-0.1, -0.05) is 12.1 Å². The Labute approximate surface area is 155 Å². The number of carbonyl (C=O) groups excluding carboxylic acids is 1. The van der Waals surface area contributed by atoms with Crippen LogP contribution in [0.5, 0.6) is 0 Å². The summed E-state index contributed by atoms with van der Waals surface area (Å²) in [4.78, 5) is 24.0. The Kier molecular flexibility index (Phi) is 4.88. The first-order valence-electron chi connectivity index (χ1n) is 9.22. The first-order valence-corrected chi connectivity index (χ1v) is 9.22. The number of hydrogen-bond acceptors (Lipinski definition) is 4. The Hall–Kier alpha value is -2.38. The zero-order chi connectivity index (χ0) is 19.0. The predicted octanol–water partition coefficient (Wildman–Crippen LogP) is 3.35. The number of halogens is 3.